The number of H-pyrrole nitrogens is 1. The Labute approximate surface area is 134 Å². The second-order valence-corrected chi connectivity index (χ2v) is 6.54. The van der Waals surface area contributed by atoms with Crippen molar-refractivity contribution >= 4 is 38.7 Å². The predicted octanol–water partition coefficient (Wildman–Crippen LogP) is 4.38. The topological polar surface area (TPSA) is 54.7 Å². The van der Waals surface area contributed by atoms with Crippen LogP contribution < -0.4 is 5.73 Å². The molecule has 6 heteroatoms. The van der Waals surface area contributed by atoms with E-state index >= 15 is 0 Å². The molecule has 0 atom stereocenters. The second-order valence-electron chi connectivity index (χ2n) is 4.72. The molecule has 0 aliphatic rings. The zero-order valence-corrected chi connectivity index (χ0v) is 13.7. The molecule has 0 amide bonds. The van der Waals surface area contributed by atoms with Crippen LogP contribution in [0.3, 0.4) is 0 Å². The van der Waals surface area contributed by atoms with Crippen LogP contribution in [0.5, 0.6) is 0 Å². The number of rotatable bonds is 3. The summed E-state index contributed by atoms with van der Waals surface area (Å²) in [6, 6.07) is 9.53. The normalized spacial score (nSPS) is 11.2. The molecule has 0 aliphatic carbocycles. The van der Waals surface area contributed by atoms with Gasteiger partial charge in [0.2, 0.25) is 0 Å². The molecule has 0 fully saturated rings. The van der Waals surface area contributed by atoms with Crippen molar-refractivity contribution in [1.29, 1.82) is 0 Å². The molecule has 2 aromatic carbocycles. The first-order valence-electron chi connectivity index (χ1n) is 6.39. The van der Waals surface area contributed by atoms with Gasteiger partial charge < -0.3 is 10.7 Å². The minimum atomic E-state index is -0.306. The van der Waals surface area contributed by atoms with Crippen molar-refractivity contribution in [2.45, 2.75) is 23.5 Å². The van der Waals surface area contributed by atoms with E-state index in [0.717, 1.165) is 22.2 Å². The molecule has 3 aromatic rings. The van der Waals surface area contributed by atoms with Crippen molar-refractivity contribution in [2.75, 3.05) is 0 Å². The van der Waals surface area contributed by atoms with E-state index in [2.05, 4.69) is 25.9 Å². The standard InChI is InChI=1S/C15H13BrFN3S/c1-8-2-4-10-11(6-8)20-15(19-10)21-12-5-3-9(7-18)13(16)14(12)17/h2-6H,7,18H2,1H3,(H,19,20). The highest BCUT2D eigenvalue weighted by Gasteiger charge is 2.13. The molecule has 0 aliphatic heterocycles. The van der Waals surface area contributed by atoms with Gasteiger partial charge in [-0.3, -0.25) is 0 Å². The molecule has 0 unspecified atom stereocenters. The van der Waals surface area contributed by atoms with Crippen molar-refractivity contribution in [3.8, 4) is 0 Å². The number of aromatic nitrogens is 2. The number of imidazole rings is 1. The van der Waals surface area contributed by atoms with Crippen molar-refractivity contribution in [1.82, 2.24) is 9.97 Å². The summed E-state index contributed by atoms with van der Waals surface area (Å²) >= 11 is 4.52. The summed E-state index contributed by atoms with van der Waals surface area (Å²) in [6.07, 6.45) is 0. The summed E-state index contributed by atoms with van der Waals surface area (Å²) in [5.74, 6) is -0.306. The van der Waals surface area contributed by atoms with E-state index in [4.69, 9.17) is 5.73 Å². The molecule has 108 valence electrons. The second kappa shape index (κ2) is 5.79. The maximum absolute atomic E-state index is 14.3. The highest BCUT2D eigenvalue weighted by Crippen LogP contribution is 2.34. The van der Waals surface area contributed by atoms with E-state index in [1.165, 1.54) is 11.8 Å². The van der Waals surface area contributed by atoms with Crippen LogP contribution in [0, 0.1) is 12.7 Å². The lowest BCUT2D eigenvalue weighted by atomic mass is 10.2. The maximum Gasteiger partial charge on any atom is 0.171 e. The van der Waals surface area contributed by atoms with Gasteiger partial charge in [-0.25, -0.2) is 9.37 Å². The molecule has 1 aromatic heterocycles. The average molecular weight is 366 g/mol. The zero-order valence-electron chi connectivity index (χ0n) is 11.3. The minimum Gasteiger partial charge on any atom is -0.333 e. The third-order valence-electron chi connectivity index (χ3n) is 3.17. The third-order valence-corrected chi connectivity index (χ3v) is 4.95. The summed E-state index contributed by atoms with van der Waals surface area (Å²) in [5, 5.41) is 0.668. The van der Waals surface area contributed by atoms with E-state index in [0.29, 0.717) is 21.1 Å². The lowest BCUT2D eigenvalue weighted by molar-refractivity contribution is 0.592. The van der Waals surface area contributed by atoms with Crippen LogP contribution >= 0.6 is 27.7 Å². The molecule has 3 nitrogen and oxygen atoms in total. The van der Waals surface area contributed by atoms with Gasteiger partial charge in [-0.1, -0.05) is 12.1 Å². The Morgan fingerprint density at radius 3 is 2.90 bits per heavy atom. The molecule has 3 rings (SSSR count). The predicted molar refractivity (Wildman–Crippen MR) is 86.9 cm³/mol. The highest BCUT2D eigenvalue weighted by molar-refractivity contribution is 9.10. The van der Waals surface area contributed by atoms with Gasteiger partial charge in [0.05, 0.1) is 20.4 Å². The van der Waals surface area contributed by atoms with Gasteiger partial charge in [0.25, 0.3) is 0 Å². The van der Waals surface area contributed by atoms with Gasteiger partial charge in [-0.15, -0.1) is 0 Å². The highest BCUT2D eigenvalue weighted by atomic mass is 79.9. The number of aromatic amines is 1. The van der Waals surface area contributed by atoms with E-state index in [-0.39, 0.29) is 5.82 Å². The van der Waals surface area contributed by atoms with Gasteiger partial charge in [0.15, 0.2) is 11.0 Å². The first kappa shape index (κ1) is 14.6. The smallest absolute Gasteiger partial charge is 0.171 e. The number of hydrogen-bond acceptors (Lipinski definition) is 3. The molecular weight excluding hydrogens is 353 g/mol. The first-order valence-corrected chi connectivity index (χ1v) is 8.00. The Balaban J connectivity index is 1.96. The fourth-order valence-electron chi connectivity index (χ4n) is 2.06. The van der Waals surface area contributed by atoms with Gasteiger partial charge in [-0.05, 0) is 63.9 Å². The van der Waals surface area contributed by atoms with Crippen molar-refractivity contribution in [2.24, 2.45) is 5.73 Å². The van der Waals surface area contributed by atoms with Crippen molar-refractivity contribution in [3.05, 3.63) is 51.7 Å². The number of fused-ring (bicyclic) bond motifs is 1. The molecular formula is C15H13BrFN3S. The number of nitrogens with zero attached hydrogens (tertiary/aromatic N) is 1. The summed E-state index contributed by atoms with van der Waals surface area (Å²) in [5.41, 5.74) is 9.30. The van der Waals surface area contributed by atoms with Gasteiger partial charge >= 0.3 is 0 Å². The number of halogens is 2. The number of hydrogen-bond donors (Lipinski definition) is 2. The van der Waals surface area contributed by atoms with Crippen LogP contribution in [0.25, 0.3) is 11.0 Å². The minimum absolute atomic E-state index is 0.298. The van der Waals surface area contributed by atoms with Crippen LogP contribution in [0.2, 0.25) is 0 Å². The Bertz CT molecular complexity index is 816. The van der Waals surface area contributed by atoms with Crippen LogP contribution in [0.1, 0.15) is 11.1 Å². The van der Waals surface area contributed by atoms with Gasteiger partial charge in [0.1, 0.15) is 0 Å². The molecule has 3 N–H and O–H groups in total. The Morgan fingerprint density at radius 2 is 2.14 bits per heavy atom. The van der Waals surface area contributed by atoms with Crippen LogP contribution in [-0.4, -0.2) is 9.97 Å². The van der Waals surface area contributed by atoms with Crippen LogP contribution in [-0.2, 0) is 6.54 Å². The third kappa shape index (κ3) is 2.84. The number of nitrogens with two attached hydrogens (primary N) is 1. The summed E-state index contributed by atoms with van der Waals surface area (Å²) in [6.45, 7) is 2.32. The quantitative estimate of drug-likeness (QED) is 0.723. The Hall–Kier alpha value is -1.37. The average Bonchev–Trinajstić information content (AvgIpc) is 2.85. The molecule has 0 bridgehead atoms. The molecule has 21 heavy (non-hydrogen) atoms. The fraction of sp³-hybridized carbons (Fsp3) is 0.133. The van der Waals surface area contributed by atoms with E-state index < -0.39 is 0 Å². The molecule has 0 saturated heterocycles. The molecule has 0 spiro atoms. The SMILES string of the molecule is Cc1ccc2nc(Sc3ccc(CN)c(Br)c3F)[nH]c2c1. The Kier molecular flexibility index (Phi) is 4.01. The lowest BCUT2D eigenvalue weighted by Gasteiger charge is -2.06. The largest absolute Gasteiger partial charge is 0.333 e. The number of aryl methyl sites for hydroxylation is 1. The summed E-state index contributed by atoms with van der Waals surface area (Å²) in [4.78, 5) is 8.18. The van der Waals surface area contributed by atoms with E-state index in [9.17, 15) is 4.39 Å². The monoisotopic (exact) mass is 365 g/mol. The summed E-state index contributed by atoms with van der Waals surface area (Å²) < 4.78 is 14.7. The van der Waals surface area contributed by atoms with E-state index in [1.807, 2.05) is 31.2 Å². The zero-order chi connectivity index (χ0) is 15.0. The van der Waals surface area contributed by atoms with Crippen molar-refractivity contribution < 1.29 is 4.39 Å². The fourth-order valence-corrected chi connectivity index (χ4v) is 3.54. The van der Waals surface area contributed by atoms with Crippen LogP contribution in [0.15, 0.2) is 44.9 Å². The summed E-state index contributed by atoms with van der Waals surface area (Å²) in [7, 11) is 0. The first-order chi connectivity index (χ1) is 10.1. The molecule has 0 radical (unpaired) electrons. The van der Waals surface area contributed by atoms with Gasteiger partial charge in [-0.2, -0.15) is 0 Å². The maximum atomic E-state index is 14.3. The van der Waals surface area contributed by atoms with Crippen LogP contribution in [0.4, 0.5) is 4.39 Å². The van der Waals surface area contributed by atoms with E-state index in [1.54, 1.807) is 6.07 Å². The van der Waals surface area contributed by atoms with Crippen molar-refractivity contribution in [3.63, 3.8) is 0 Å². The lowest BCUT2D eigenvalue weighted by Crippen LogP contribution is -1.99. The molecule has 0 saturated carbocycles. The van der Waals surface area contributed by atoms with Gasteiger partial charge in [0, 0.05) is 6.54 Å². The Morgan fingerprint density at radius 1 is 1.33 bits per heavy atom. The number of benzene rings is 2. The molecule has 1 heterocycles. The number of nitrogens with one attached hydrogen (secondary N) is 1.